The number of rotatable bonds is 2. The van der Waals surface area contributed by atoms with Crippen molar-refractivity contribution in [2.75, 3.05) is 0 Å². The van der Waals surface area contributed by atoms with Crippen LogP contribution in [0, 0.1) is 0 Å². The van der Waals surface area contributed by atoms with Crippen molar-refractivity contribution in [3.05, 3.63) is 45.7 Å². The summed E-state index contributed by atoms with van der Waals surface area (Å²) in [7, 11) is 0. The second kappa shape index (κ2) is 6.16. The third kappa shape index (κ3) is 2.69. The molecule has 1 fully saturated rings. The molecule has 1 aliphatic carbocycles. The molecule has 0 unspecified atom stereocenters. The topological polar surface area (TPSA) is 70.4 Å². The summed E-state index contributed by atoms with van der Waals surface area (Å²) >= 11 is 1.57. The molecule has 1 aromatic heterocycles. The van der Waals surface area contributed by atoms with Gasteiger partial charge in [0.15, 0.2) is 5.82 Å². The molecule has 1 atom stereocenters. The average molecular weight is 343 g/mol. The van der Waals surface area contributed by atoms with Gasteiger partial charge in [-0.2, -0.15) is 0 Å². The lowest BCUT2D eigenvalue weighted by Crippen LogP contribution is -2.16. The molecule has 6 heteroatoms. The van der Waals surface area contributed by atoms with Crippen LogP contribution < -0.4 is 5.56 Å². The van der Waals surface area contributed by atoms with E-state index < -0.39 is 0 Å². The van der Waals surface area contributed by atoms with Crippen LogP contribution >= 0.6 is 11.8 Å². The molecule has 24 heavy (non-hydrogen) atoms. The van der Waals surface area contributed by atoms with Crippen LogP contribution in [0.4, 0.5) is 5.82 Å². The van der Waals surface area contributed by atoms with Crippen molar-refractivity contribution in [1.82, 2.24) is 9.78 Å². The Morgan fingerprint density at radius 2 is 2.08 bits per heavy atom. The van der Waals surface area contributed by atoms with Crippen molar-refractivity contribution >= 4 is 22.6 Å². The molecule has 2 aliphatic rings. The number of phenols is 1. The number of thioether (sulfide) groups is 1. The molecule has 0 bridgehead atoms. The molecule has 2 aromatic rings. The Hall–Kier alpha value is -1.95. The van der Waals surface area contributed by atoms with E-state index in [1.165, 1.54) is 19.3 Å². The van der Waals surface area contributed by atoms with Crippen LogP contribution in [0.1, 0.15) is 61.4 Å². The van der Waals surface area contributed by atoms with E-state index >= 15 is 0 Å². The first kappa shape index (κ1) is 15.6. The highest BCUT2D eigenvalue weighted by Crippen LogP contribution is 2.45. The lowest BCUT2D eigenvalue weighted by Gasteiger charge is -2.26. The molecule has 0 saturated heterocycles. The quantitative estimate of drug-likeness (QED) is 0.855. The number of nitrogens with zero attached hydrogens (tertiary/aromatic N) is 2. The number of nitrogens with one attached hydrogen (secondary N) is 1. The molecule has 0 radical (unpaired) electrons. The molecular formula is C18H21N3O2S. The number of aromatic nitrogens is 2. The first-order chi connectivity index (χ1) is 11.6. The third-order valence-corrected chi connectivity index (χ3v) is 6.04. The largest absolute Gasteiger partial charge is 0.508 e. The zero-order chi connectivity index (χ0) is 16.7. The van der Waals surface area contributed by atoms with Crippen molar-refractivity contribution in [3.8, 4) is 5.75 Å². The molecule has 126 valence electrons. The summed E-state index contributed by atoms with van der Waals surface area (Å²) in [6.45, 7) is 1.98. The monoisotopic (exact) mass is 343 g/mol. The summed E-state index contributed by atoms with van der Waals surface area (Å²) in [5, 5.41) is 13.7. The highest BCUT2D eigenvalue weighted by molar-refractivity contribution is 8.14. The summed E-state index contributed by atoms with van der Waals surface area (Å²) in [5.41, 5.74) is 1.58. The van der Waals surface area contributed by atoms with Crippen LogP contribution in [-0.2, 0) is 0 Å². The molecule has 2 N–H and O–H groups in total. The number of aromatic amines is 1. The Morgan fingerprint density at radius 1 is 1.29 bits per heavy atom. The van der Waals surface area contributed by atoms with Gasteiger partial charge in [0.1, 0.15) is 5.75 Å². The van der Waals surface area contributed by atoms with Gasteiger partial charge in [0.25, 0.3) is 5.56 Å². The van der Waals surface area contributed by atoms with E-state index in [4.69, 9.17) is 0 Å². The predicted octanol–water partition coefficient (Wildman–Crippen LogP) is 4.27. The second-order valence-corrected chi connectivity index (χ2v) is 7.86. The molecule has 1 aromatic carbocycles. The maximum absolute atomic E-state index is 12.7. The van der Waals surface area contributed by atoms with Crippen LogP contribution in [0.25, 0.3) is 0 Å². The summed E-state index contributed by atoms with van der Waals surface area (Å²) < 4.78 is 2.00. The van der Waals surface area contributed by atoms with Gasteiger partial charge in [-0.15, -0.1) is 0 Å². The van der Waals surface area contributed by atoms with Crippen LogP contribution in [0.2, 0.25) is 0 Å². The fourth-order valence-electron chi connectivity index (χ4n) is 3.74. The van der Waals surface area contributed by atoms with Gasteiger partial charge in [0, 0.05) is 0 Å². The maximum Gasteiger partial charge on any atom is 0.271 e. The van der Waals surface area contributed by atoms with Crippen molar-refractivity contribution in [2.24, 2.45) is 4.99 Å². The molecule has 2 heterocycles. The predicted molar refractivity (Wildman–Crippen MR) is 97.5 cm³/mol. The van der Waals surface area contributed by atoms with Gasteiger partial charge >= 0.3 is 0 Å². The summed E-state index contributed by atoms with van der Waals surface area (Å²) in [5.74, 6) is 0.995. The minimum Gasteiger partial charge on any atom is -0.508 e. The summed E-state index contributed by atoms with van der Waals surface area (Å²) in [6, 6.07) is 7.49. The molecule has 1 aliphatic heterocycles. The van der Waals surface area contributed by atoms with Gasteiger partial charge in [-0.25, -0.2) is 4.99 Å². The van der Waals surface area contributed by atoms with Crippen LogP contribution in [0.3, 0.4) is 0 Å². The lowest BCUT2D eigenvalue weighted by molar-refractivity contribution is 0.331. The molecular weight excluding hydrogens is 322 g/mol. The highest BCUT2D eigenvalue weighted by atomic mass is 32.2. The number of aromatic hydroxyl groups is 1. The van der Waals surface area contributed by atoms with Gasteiger partial charge in [-0.05, 0) is 37.5 Å². The van der Waals surface area contributed by atoms with E-state index in [0.29, 0.717) is 11.6 Å². The van der Waals surface area contributed by atoms with E-state index in [2.05, 4.69) is 10.1 Å². The van der Waals surface area contributed by atoms with Crippen molar-refractivity contribution in [3.63, 3.8) is 0 Å². The van der Waals surface area contributed by atoms with Crippen LogP contribution in [0.15, 0.2) is 34.1 Å². The van der Waals surface area contributed by atoms with Gasteiger partial charge in [-0.3, -0.25) is 14.6 Å². The first-order valence-electron chi connectivity index (χ1n) is 8.49. The summed E-state index contributed by atoms with van der Waals surface area (Å²) in [4.78, 5) is 17.4. The maximum atomic E-state index is 12.7. The van der Waals surface area contributed by atoms with E-state index in [-0.39, 0.29) is 16.6 Å². The number of phenolic OH excluding ortho intramolecular Hbond substituents is 1. The van der Waals surface area contributed by atoms with Gasteiger partial charge in [-0.1, -0.05) is 43.2 Å². The Balaban J connectivity index is 1.82. The molecule has 1 saturated carbocycles. The lowest BCUT2D eigenvalue weighted by atomic mass is 9.95. The molecule has 0 spiro atoms. The molecule has 4 rings (SSSR count). The Bertz CT molecular complexity index is 846. The van der Waals surface area contributed by atoms with Gasteiger partial charge in [0.05, 0.1) is 21.9 Å². The normalized spacial score (nSPS) is 21.4. The van der Waals surface area contributed by atoms with E-state index in [1.807, 2.05) is 23.7 Å². The minimum absolute atomic E-state index is 0.0623. The summed E-state index contributed by atoms with van der Waals surface area (Å²) in [6.07, 6.45) is 5.86. The number of H-pyrrole nitrogens is 1. The van der Waals surface area contributed by atoms with Gasteiger partial charge in [0.2, 0.25) is 0 Å². The number of aliphatic imine (C=N–C) groups is 1. The minimum atomic E-state index is -0.127. The fourth-order valence-corrected chi connectivity index (χ4v) is 4.83. The fraction of sp³-hybridized carbons (Fsp3) is 0.444. The SMILES string of the molecule is CC1=Nc2c(c(=O)[nH]n2C2CCCCC2)[C@@H](c2cccc(O)c2)S1. The number of hydrogen-bond donors (Lipinski definition) is 2. The molecule has 5 nitrogen and oxygen atoms in total. The van der Waals surface area contributed by atoms with E-state index in [1.54, 1.807) is 23.9 Å². The number of fused-ring (bicyclic) bond motifs is 1. The second-order valence-electron chi connectivity index (χ2n) is 6.56. The third-order valence-electron chi connectivity index (χ3n) is 4.86. The standard InChI is InChI=1S/C18H21N3O2S/c1-11-19-17-15(16(24-11)12-6-5-9-14(22)10-12)18(23)20-21(17)13-7-3-2-4-8-13/h5-6,9-10,13,16,22H,2-4,7-8H2,1H3,(H,20,23)/t16-/m1/s1. The van der Waals surface area contributed by atoms with Crippen molar-refractivity contribution in [2.45, 2.75) is 50.3 Å². The zero-order valence-electron chi connectivity index (χ0n) is 13.7. The van der Waals surface area contributed by atoms with Crippen molar-refractivity contribution < 1.29 is 5.11 Å². The Labute approximate surface area is 144 Å². The zero-order valence-corrected chi connectivity index (χ0v) is 14.5. The van der Waals surface area contributed by atoms with Crippen LogP contribution in [0.5, 0.6) is 5.75 Å². The molecule has 0 amide bonds. The number of hydrogen-bond acceptors (Lipinski definition) is 4. The first-order valence-corrected chi connectivity index (χ1v) is 9.37. The smallest absolute Gasteiger partial charge is 0.271 e. The number of benzene rings is 1. The van der Waals surface area contributed by atoms with E-state index in [0.717, 1.165) is 29.3 Å². The average Bonchev–Trinajstić information content (AvgIpc) is 2.91. The Morgan fingerprint density at radius 3 is 2.83 bits per heavy atom. The van der Waals surface area contributed by atoms with Crippen molar-refractivity contribution in [1.29, 1.82) is 0 Å². The highest BCUT2D eigenvalue weighted by Gasteiger charge is 2.32. The van der Waals surface area contributed by atoms with Gasteiger partial charge < -0.3 is 5.11 Å². The Kier molecular flexibility index (Phi) is 4.00. The van der Waals surface area contributed by atoms with E-state index in [9.17, 15) is 9.90 Å². The van der Waals surface area contributed by atoms with Crippen LogP contribution in [-0.4, -0.2) is 19.9 Å².